The second-order valence-electron chi connectivity index (χ2n) is 12.9. The van der Waals surface area contributed by atoms with Crippen molar-refractivity contribution in [1.82, 2.24) is 0 Å². The van der Waals surface area contributed by atoms with E-state index < -0.39 is 67.5 Å². The minimum absolute atomic E-state index is 0.828. The van der Waals surface area contributed by atoms with Crippen LogP contribution in [0.2, 0.25) is 101 Å². The summed E-state index contributed by atoms with van der Waals surface area (Å²) in [4.78, 5) is 0. The average Bonchev–Trinajstić information content (AvgIpc) is 2.22. The third-order valence-electron chi connectivity index (χ3n) is 5.82. The molecular formula is C16H44O6Si8. The van der Waals surface area contributed by atoms with Gasteiger partial charge in [-0.1, -0.05) is 0 Å². The predicted octanol–water partition coefficient (Wildman–Crippen LogP) is 5.39. The summed E-state index contributed by atoms with van der Waals surface area (Å²) in [5, 5.41) is 0. The smallest absolute Gasteiger partial charge is 0.317 e. The Balaban J connectivity index is 2.11. The molecule has 4 unspecified atom stereocenters. The van der Waals surface area contributed by atoms with E-state index in [4.69, 9.17) is 24.7 Å². The number of hydrogen-bond donors (Lipinski definition) is 0. The maximum absolute atomic E-state index is 7.18. The van der Waals surface area contributed by atoms with Crippen molar-refractivity contribution in [3.8, 4) is 0 Å². The van der Waals surface area contributed by atoms with E-state index in [9.17, 15) is 0 Å². The van der Waals surface area contributed by atoms with Gasteiger partial charge in [-0.05, 0) is 89.9 Å². The van der Waals surface area contributed by atoms with Gasteiger partial charge in [0.15, 0.2) is 33.3 Å². The number of rotatable bonds is 0. The van der Waals surface area contributed by atoms with Crippen LogP contribution in [0, 0.1) is 0 Å². The number of hydrogen-bond acceptors (Lipinski definition) is 6. The Kier molecular flexibility index (Phi) is 6.52. The molecule has 3 saturated heterocycles. The van der Waals surface area contributed by atoms with Gasteiger partial charge < -0.3 is 24.7 Å². The molecular weight excluding hydrogens is 513 g/mol. The lowest BCUT2D eigenvalue weighted by Gasteiger charge is -2.56. The molecule has 4 bridgehead atoms. The van der Waals surface area contributed by atoms with Crippen LogP contribution in [0.4, 0.5) is 0 Å². The average molecular weight is 557 g/mol. The molecule has 0 aliphatic carbocycles. The van der Waals surface area contributed by atoms with Crippen LogP contribution in [0.1, 0.15) is 0 Å². The Labute approximate surface area is 192 Å². The maximum Gasteiger partial charge on any atom is 0.317 e. The number of fused-ring (bicyclic) bond motifs is 4. The molecule has 0 aromatic rings. The first-order valence-corrected chi connectivity index (χ1v) is 33.8. The minimum atomic E-state index is -2.51. The Morgan fingerprint density at radius 3 is 0.700 bits per heavy atom. The third-order valence-corrected chi connectivity index (χ3v) is 52.4. The van der Waals surface area contributed by atoms with Crippen LogP contribution in [0.3, 0.4) is 0 Å². The SMILES string of the molecule is C[Si]1(C)C[Si](C)(C)O[Si]2(C)C[Si](C)(O1)O[Si]1(C)C[Si](C)(O[Si](C)(C)C[Si](C)(C)O1)O2. The highest BCUT2D eigenvalue weighted by molar-refractivity contribution is 7.08. The highest BCUT2D eigenvalue weighted by Crippen LogP contribution is 2.46. The van der Waals surface area contributed by atoms with Crippen molar-refractivity contribution in [3.05, 3.63) is 0 Å². The summed E-state index contributed by atoms with van der Waals surface area (Å²) in [7, 11) is -17.7. The van der Waals surface area contributed by atoms with Gasteiger partial charge in [-0.15, -0.1) is 0 Å². The molecule has 3 rings (SSSR count). The van der Waals surface area contributed by atoms with Crippen molar-refractivity contribution in [3.63, 3.8) is 0 Å². The van der Waals surface area contributed by atoms with E-state index in [1.165, 1.54) is 0 Å². The lowest BCUT2D eigenvalue weighted by atomic mass is 11.8. The molecule has 4 atom stereocenters. The van der Waals surface area contributed by atoms with Gasteiger partial charge in [-0.2, -0.15) is 0 Å². The molecule has 0 radical (unpaired) electrons. The third kappa shape index (κ3) is 6.33. The first kappa shape index (κ1) is 26.1. The molecule has 0 aromatic heterocycles. The first-order chi connectivity index (χ1) is 13.1. The fourth-order valence-corrected chi connectivity index (χ4v) is 72.2. The van der Waals surface area contributed by atoms with E-state index in [-0.39, 0.29) is 0 Å². The Bertz CT molecular complexity index is 597. The molecule has 0 aromatic carbocycles. The zero-order valence-electron chi connectivity index (χ0n) is 21.3. The van der Waals surface area contributed by atoms with Crippen LogP contribution in [-0.4, -0.2) is 67.5 Å². The zero-order chi connectivity index (χ0) is 23.1. The summed E-state index contributed by atoms with van der Waals surface area (Å²) < 4.78 is 42.6. The van der Waals surface area contributed by atoms with Crippen LogP contribution >= 0.6 is 0 Å². The predicted molar refractivity (Wildman–Crippen MR) is 142 cm³/mol. The van der Waals surface area contributed by atoms with E-state index in [1.807, 2.05) is 0 Å². The topological polar surface area (TPSA) is 55.4 Å². The second-order valence-corrected chi connectivity index (χ2v) is 46.6. The second kappa shape index (κ2) is 7.49. The Hall–Kier alpha value is 1.50. The van der Waals surface area contributed by atoms with Crippen molar-refractivity contribution < 1.29 is 24.7 Å². The summed E-state index contributed by atoms with van der Waals surface area (Å²) >= 11 is 0. The Morgan fingerprint density at radius 2 is 0.500 bits per heavy atom. The van der Waals surface area contributed by atoms with E-state index in [1.54, 1.807) is 0 Å². The van der Waals surface area contributed by atoms with Crippen molar-refractivity contribution in [2.24, 2.45) is 0 Å². The monoisotopic (exact) mass is 556 g/mol. The van der Waals surface area contributed by atoms with Gasteiger partial charge in [0.2, 0.25) is 0 Å². The Morgan fingerprint density at radius 1 is 0.300 bits per heavy atom. The first-order valence-electron chi connectivity index (χ1n) is 11.3. The molecule has 6 nitrogen and oxygen atoms in total. The standard InChI is InChI=1S/C16H44O6Si8/c1-23(2)13-24(3,4)18-28(10)15-27(9,17-23)21-29(11)16-30(12,22-28)20-26(7,8)14-25(5,6)19-29/h13-16H2,1-12H3. The van der Waals surface area contributed by atoms with Crippen molar-refractivity contribution >= 4 is 67.5 Å². The molecule has 3 fully saturated rings. The van der Waals surface area contributed by atoms with Crippen LogP contribution in [0.15, 0.2) is 0 Å². The van der Waals surface area contributed by atoms with E-state index >= 15 is 0 Å². The van der Waals surface area contributed by atoms with Gasteiger partial charge >= 0.3 is 34.2 Å². The van der Waals surface area contributed by atoms with Crippen LogP contribution in [0.5, 0.6) is 0 Å². The fraction of sp³-hybridized carbons (Fsp3) is 1.00. The molecule has 30 heavy (non-hydrogen) atoms. The van der Waals surface area contributed by atoms with E-state index in [0.29, 0.717) is 0 Å². The highest BCUT2D eigenvalue weighted by Gasteiger charge is 2.64. The van der Waals surface area contributed by atoms with Crippen molar-refractivity contribution in [2.75, 3.05) is 0 Å². The van der Waals surface area contributed by atoms with Crippen molar-refractivity contribution in [1.29, 1.82) is 0 Å². The van der Waals surface area contributed by atoms with E-state index in [0.717, 1.165) is 22.7 Å². The molecule has 14 heteroatoms. The van der Waals surface area contributed by atoms with Crippen LogP contribution in [0.25, 0.3) is 0 Å². The summed E-state index contributed by atoms with van der Waals surface area (Å²) in [5.74, 6) is 0. The van der Waals surface area contributed by atoms with Gasteiger partial charge in [0, 0.05) is 11.3 Å². The molecule has 0 saturated carbocycles. The molecule has 0 N–H and O–H groups in total. The quantitative estimate of drug-likeness (QED) is 0.373. The van der Waals surface area contributed by atoms with Crippen LogP contribution in [-0.2, 0) is 24.7 Å². The normalized spacial score (nSPS) is 47.6. The lowest BCUT2D eigenvalue weighted by molar-refractivity contribution is 0.273. The molecule has 3 aliphatic rings. The molecule has 3 heterocycles. The summed E-state index contributed by atoms with van der Waals surface area (Å²) in [5.41, 5.74) is 3.82. The van der Waals surface area contributed by atoms with E-state index in [2.05, 4.69) is 78.6 Å². The molecule has 0 amide bonds. The molecule has 0 spiro atoms. The zero-order valence-corrected chi connectivity index (χ0v) is 29.3. The summed E-state index contributed by atoms with van der Waals surface area (Å²) in [6.07, 6.45) is 0. The molecule has 176 valence electrons. The highest BCUT2D eigenvalue weighted by atomic mass is 28.6. The van der Waals surface area contributed by atoms with Crippen LogP contribution < -0.4 is 0 Å². The fourth-order valence-electron chi connectivity index (χ4n) is 6.98. The maximum atomic E-state index is 7.18. The lowest BCUT2D eigenvalue weighted by Crippen LogP contribution is -2.74. The van der Waals surface area contributed by atoms with Gasteiger partial charge in [0.1, 0.15) is 0 Å². The van der Waals surface area contributed by atoms with Gasteiger partial charge in [0.25, 0.3) is 0 Å². The van der Waals surface area contributed by atoms with Gasteiger partial charge in [0.05, 0.1) is 0 Å². The van der Waals surface area contributed by atoms with Gasteiger partial charge in [-0.25, -0.2) is 0 Å². The minimum Gasteiger partial charge on any atom is -0.437 e. The largest absolute Gasteiger partial charge is 0.437 e. The van der Waals surface area contributed by atoms with Crippen molar-refractivity contribution in [2.45, 2.75) is 101 Å². The van der Waals surface area contributed by atoms with Gasteiger partial charge in [-0.3, -0.25) is 0 Å². The summed E-state index contributed by atoms with van der Waals surface area (Å²) in [6.45, 7) is 27.8. The summed E-state index contributed by atoms with van der Waals surface area (Å²) in [6, 6.07) is 0. The molecule has 3 aliphatic heterocycles.